The number of nitrogens with one attached hydrogen (secondary N) is 1. The number of carbonyl (C=O) groups excluding carboxylic acids is 1. The number of nitrogens with zero attached hydrogens (tertiary/aromatic N) is 5. The summed E-state index contributed by atoms with van der Waals surface area (Å²) in [6.07, 6.45) is 9.93. The van der Waals surface area contributed by atoms with Crippen LogP contribution in [0.3, 0.4) is 0 Å². The summed E-state index contributed by atoms with van der Waals surface area (Å²) in [6, 6.07) is 5.83. The van der Waals surface area contributed by atoms with Crippen molar-refractivity contribution in [2.75, 3.05) is 18.5 Å². The third-order valence-corrected chi connectivity index (χ3v) is 5.14. The fraction of sp³-hybridized carbons (Fsp3) is 0.318. The highest BCUT2D eigenvalue weighted by Gasteiger charge is 2.31. The van der Waals surface area contributed by atoms with Crippen molar-refractivity contribution in [2.24, 2.45) is 0 Å². The molecule has 1 amide bonds. The predicted octanol–water partition coefficient (Wildman–Crippen LogP) is 3.37. The Hall–Kier alpha value is -3.55. The van der Waals surface area contributed by atoms with Crippen molar-refractivity contribution in [1.29, 1.82) is 0 Å². The zero-order chi connectivity index (χ0) is 20.9. The quantitative estimate of drug-likeness (QED) is 0.673. The van der Waals surface area contributed by atoms with Crippen LogP contribution in [-0.4, -0.2) is 43.9 Å². The molecule has 1 N–H and O–H groups in total. The number of ether oxygens (including phenoxy) is 1. The van der Waals surface area contributed by atoms with Gasteiger partial charge >= 0.3 is 0 Å². The van der Waals surface area contributed by atoms with E-state index in [0.29, 0.717) is 18.2 Å². The standard InChI is InChI=1S/C22H24N6O2/c1-15-5-3-6-16(2)22(15)30-14-21(29)28-10-4-7-18(28)17-11-24-13-20(26-17)27-19-12-23-8-9-25-19/h3,5-6,8-9,11-13,18H,4,7,10,14H2,1-2H3,(H,25,26,27)/t18-/m1/s1. The van der Waals surface area contributed by atoms with Gasteiger partial charge in [-0.15, -0.1) is 0 Å². The van der Waals surface area contributed by atoms with Gasteiger partial charge in [-0.1, -0.05) is 18.2 Å². The van der Waals surface area contributed by atoms with Gasteiger partial charge in [0.05, 0.1) is 30.3 Å². The van der Waals surface area contributed by atoms with Crippen molar-refractivity contribution >= 4 is 17.5 Å². The van der Waals surface area contributed by atoms with Crippen LogP contribution in [-0.2, 0) is 4.79 Å². The maximum Gasteiger partial charge on any atom is 0.261 e. The SMILES string of the molecule is Cc1cccc(C)c1OCC(=O)N1CCC[C@@H]1c1cncc(Nc2cnccn2)n1. The molecule has 0 aliphatic carbocycles. The van der Waals surface area contributed by atoms with Gasteiger partial charge in [0, 0.05) is 18.9 Å². The fourth-order valence-electron chi connectivity index (χ4n) is 3.71. The van der Waals surface area contributed by atoms with E-state index < -0.39 is 0 Å². The maximum absolute atomic E-state index is 12.9. The number of anilines is 2. The van der Waals surface area contributed by atoms with Gasteiger partial charge in [0.1, 0.15) is 17.4 Å². The van der Waals surface area contributed by atoms with Gasteiger partial charge in [-0.3, -0.25) is 14.8 Å². The van der Waals surface area contributed by atoms with Crippen LogP contribution < -0.4 is 10.1 Å². The molecule has 0 saturated carbocycles. The lowest BCUT2D eigenvalue weighted by molar-refractivity contribution is -0.134. The summed E-state index contributed by atoms with van der Waals surface area (Å²) in [7, 11) is 0. The van der Waals surface area contributed by atoms with Gasteiger partial charge in [0.25, 0.3) is 5.91 Å². The highest BCUT2D eigenvalue weighted by molar-refractivity contribution is 5.78. The third-order valence-electron chi connectivity index (χ3n) is 5.14. The Bertz CT molecular complexity index is 1010. The molecule has 154 valence electrons. The van der Waals surface area contributed by atoms with Crippen LogP contribution in [0, 0.1) is 13.8 Å². The Morgan fingerprint density at radius 1 is 1.13 bits per heavy atom. The molecule has 3 aromatic rings. The lowest BCUT2D eigenvalue weighted by Gasteiger charge is -2.25. The van der Waals surface area contributed by atoms with E-state index in [1.165, 1.54) is 0 Å². The molecule has 0 unspecified atom stereocenters. The lowest BCUT2D eigenvalue weighted by Crippen LogP contribution is -2.35. The minimum absolute atomic E-state index is 0.00711. The van der Waals surface area contributed by atoms with E-state index in [1.807, 2.05) is 36.9 Å². The molecular weight excluding hydrogens is 380 g/mol. The van der Waals surface area contributed by atoms with Crippen molar-refractivity contribution in [3.63, 3.8) is 0 Å². The van der Waals surface area contributed by atoms with Crippen LogP contribution in [0.25, 0.3) is 0 Å². The number of aromatic nitrogens is 4. The van der Waals surface area contributed by atoms with Gasteiger partial charge < -0.3 is 15.0 Å². The molecule has 8 nitrogen and oxygen atoms in total. The number of hydrogen-bond acceptors (Lipinski definition) is 7. The first kappa shape index (κ1) is 19.8. The first-order valence-corrected chi connectivity index (χ1v) is 9.95. The van der Waals surface area contributed by atoms with Gasteiger partial charge in [0.2, 0.25) is 0 Å². The number of hydrogen-bond donors (Lipinski definition) is 1. The predicted molar refractivity (Wildman–Crippen MR) is 112 cm³/mol. The molecule has 3 heterocycles. The molecule has 1 fully saturated rings. The maximum atomic E-state index is 12.9. The van der Waals surface area contributed by atoms with Gasteiger partial charge in [-0.2, -0.15) is 0 Å². The number of para-hydroxylation sites is 1. The van der Waals surface area contributed by atoms with Crippen LogP contribution in [0.2, 0.25) is 0 Å². The van der Waals surface area contributed by atoms with E-state index in [2.05, 4.69) is 25.3 Å². The van der Waals surface area contributed by atoms with Crippen molar-refractivity contribution < 1.29 is 9.53 Å². The summed E-state index contributed by atoms with van der Waals surface area (Å²) in [4.78, 5) is 31.9. The number of likely N-dealkylation sites (tertiary alicyclic amines) is 1. The van der Waals surface area contributed by atoms with Crippen molar-refractivity contribution in [1.82, 2.24) is 24.8 Å². The number of aryl methyl sites for hydroxylation is 2. The topological polar surface area (TPSA) is 93.1 Å². The second-order valence-corrected chi connectivity index (χ2v) is 7.30. The smallest absolute Gasteiger partial charge is 0.261 e. The summed E-state index contributed by atoms with van der Waals surface area (Å²) in [6.45, 7) is 4.66. The van der Waals surface area contributed by atoms with Crippen molar-refractivity contribution in [3.8, 4) is 5.75 Å². The highest BCUT2D eigenvalue weighted by atomic mass is 16.5. The Morgan fingerprint density at radius 2 is 1.93 bits per heavy atom. The largest absolute Gasteiger partial charge is 0.483 e. The fourth-order valence-corrected chi connectivity index (χ4v) is 3.71. The molecule has 0 radical (unpaired) electrons. The normalized spacial score (nSPS) is 15.8. The molecule has 1 saturated heterocycles. The lowest BCUT2D eigenvalue weighted by atomic mass is 10.1. The molecule has 4 rings (SSSR count). The summed E-state index contributed by atoms with van der Waals surface area (Å²) >= 11 is 0. The molecule has 30 heavy (non-hydrogen) atoms. The number of carbonyl (C=O) groups is 1. The average molecular weight is 404 g/mol. The minimum Gasteiger partial charge on any atom is -0.483 e. The molecule has 0 bridgehead atoms. The molecule has 1 atom stereocenters. The molecule has 1 aliphatic rings. The molecule has 1 aromatic carbocycles. The Kier molecular flexibility index (Phi) is 5.83. The summed E-state index contributed by atoms with van der Waals surface area (Å²) < 4.78 is 5.87. The van der Waals surface area contributed by atoms with Gasteiger partial charge in [0.15, 0.2) is 6.61 Å². The first-order valence-electron chi connectivity index (χ1n) is 9.95. The number of benzene rings is 1. The molecular formula is C22H24N6O2. The first-order chi connectivity index (χ1) is 14.6. The van der Waals surface area contributed by atoms with E-state index >= 15 is 0 Å². The van der Waals surface area contributed by atoms with Crippen LogP contribution in [0.4, 0.5) is 11.6 Å². The van der Waals surface area contributed by atoms with Crippen LogP contribution in [0.1, 0.15) is 35.7 Å². The van der Waals surface area contributed by atoms with E-state index in [1.54, 1.807) is 31.0 Å². The van der Waals surface area contributed by atoms with E-state index in [9.17, 15) is 4.79 Å². The highest BCUT2D eigenvalue weighted by Crippen LogP contribution is 2.31. The van der Waals surface area contributed by atoms with Crippen molar-refractivity contribution in [2.45, 2.75) is 32.7 Å². The Balaban J connectivity index is 1.45. The van der Waals surface area contributed by atoms with Gasteiger partial charge in [-0.05, 0) is 37.8 Å². The Morgan fingerprint density at radius 3 is 2.70 bits per heavy atom. The zero-order valence-electron chi connectivity index (χ0n) is 17.1. The number of rotatable bonds is 6. The zero-order valence-corrected chi connectivity index (χ0v) is 17.1. The summed E-state index contributed by atoms with van der Waals surface area (Å²) in [5.74, 6) is 1.88. The van der Waals surface area contributed by atoms with Crippen molar-refractivity contribution in [3.05, 3.63) is 66.0 Å². The number of amides is 1. The monoisotopic (exact) mass is 404 g/mol. The van der Waals surface area contributed by atoms with Crippen LogP contribution in [0.15, 0.2) is 49.2 Å². The Labute approximate surface area is 175 Å². The molecule has 0 spiro atoms. The molecule has 8 heteroatoms. The minimum atomic E-state index is -0.116. The average Bonchev–Trinajstić information content (AvgIpc) is 3.24. The second kappa shape index (κ2) is 8.86. The van der Waals surface area contributed by atoms with Gasteiger partial charge in [-0.25, -0.2) is 9.97 Å². The second-order valence-electron chi connectivity index (χ2n) is 7.30. The van der Waals surface area contributed by atoms with Crippen LogP contribution >= 0.6 is 0 Å². The van der Waals surface area contributed by atoms with E-state index in [0.717, 1.165) is 35.4 Å². The molecule has 1 aliphatic heterocycles. The van der Waals surface area contributed by atoms with Crippen LogP contribution in [0.5, 0.6) is 5.75 Å². The van der Waals surface area contributed by atoms with E-state index in [4.69, 9.17) is 4.74 Å². The van der Waals surface area contributed by atoms with E-state index in [-0.39, 0.29) is 18.6 Å². The summed E-state index contributed by atoms with van der Waals surface area (Å²) in [5.41, 5.74) is 2.80. The molecule has 2 aromatic heterocycles. The third kappa shape index (κ3) is 4.37. The summed E-state index contributed by atoms with van der Waals surface area (Å²) in [5, 5.41) is 3.10.